The highest BCUT2D eigenvalue weighted by molar-refractivity contribution is 5.88. The quantitative estimate of drug-likeness (QED) is 0.526. The predicted octanol–water partition coefficient (Wildman–Crippen LogP) is 2.82. The zero-order valence-corrected chi connectivity index (χ0v) is 18.7. The number of methoxy groups -OCH3 is 3. The summed E-state index contributed by atoms with van der Waals surface area (Å²) in [6.45, 7) is 3.17. The number of hydrogen-bond acceptors (Lipinski definition) is 5. The van der Waals surface area contributed by atoms with Crippen LogP contribution in [-0.2, 0) is 27.3 Å². The first-order chi connectivity index (χ1) is 15.0. The third-order valence-corrected chi connectivity index (χ3v) is 4.99. The molecule has 0 saturated heterocycles. The molecule has 1 atom stereocenters. The number of carbonyl (C=O) groups is 2. The maximum absolute atomic E-state index is 13.2. The predicted molar refractivity (Wildman–Crippen MR) is 119 cm³/mol. The second kappa shape index (κ2) is 12.6. The summed E-state index contributed by atoms with van der Waals surface area (Å²) in [6.07, 6.45) is 0.863. The van der Waals surface area contributed by atoms with E-state index in [4.69, 9.17) is 14.2 Å². The summed E-state index contributed by atoms with van der Waals surface area (Å²) in [5.74, 6) is 0.832. The summed E-state index contributed by atoms with van der Waals surface area (Å²) in [7, 11) is 4.75. The maximum Gasteiger partial charge on any atom is 0.242 e. The van der Waals surface area contributed by atoms with Crippen molar-refractivity contribution in [2.45, 2.75) is 32.4 Å². The van der Waals surface area contributed by atoms with Crippen LogP contribution in [0.25, 0.3) is 0 Å². The van der Waals surface area contributed by atoms with Crippen LogP contribution < -0.4 is 14.8 Å². The normalized spacial score (nSPS) is 11.5. The van der Waals surface area contributed by atoms with Gasteiger partial charge >= 0.3 is 0 Å². The Morgan fingerprint density at radius 2 is 1.68 bits per heavy atom. The van der Waals surface area contributed by atoms with Crippen molar-refractivity contribution in [1.82, 2.24) is 10.2 Å². The Balaban J connectivity index is 2.16. The standard InChI is InChI=1S/C24H32N2O5/c1-18(24(28)25-13-8-14-29-2)26(17-19-9-6-5-7-10-19)23(27)16-20-11-12-21(30-3)22(15-20)31-4/h5-7,9-12,15,18H,8,13-14,16-17H2,1-4H3,(H,25,28)/t18-/m0/s1. The highest BCUT2D eigenvalue weighted by Gasteiger charge is 2.26. The molecule has 0 aromatic heterocycles. The summed E-state index contributed by atoms with van der Waals surface area (Å²) in [4.78, 5) is 27.6. The van der Waals surface area contributed by atoms with Crippen LogP contribution in [-0.4, -0.2) is 57.2 Å². The van der Waals surface area contributed by atoms with Crippen LogP contribution in [0.3, 0.4) is 0 Å². The number of benzene rings is 2. The SMILES string of the molecule is COCCCNC(=O)[C@H](C)N(Cc1ccccc1)C(=O)Cc1ccc(OC)c(OC)c1. The second-order valence-electron chi connectivity index (χ2n) is 7.19. The van der Waals surface area contributed by atoms with Gasteiger partial charge in [-0.1, -0.05) is 36.4 Å². The molecule has 2 aromatic carbocycles. The number of rotatable bonds is 12. The number of ether oxygens (including phenoxy) is 3. The molecular formula is C24H32N2O5. The van der Waals surface area contributed by atoms with Crippen molar-refractivity contribution < 1.29 is 23.8 Å². The number of carbonyl (C=O) groups excluding carboxylic acids is 2. The molecule has 0 unspecified atom stereocenters. The van der Waals surface area contributed by atoms with Gasteiger partial charge in [0.2, 0.25) is 11.8 Å². The molecule has 0 aliphatic heterocycles. The van der Waals surface area contributed by atoms with Crippen molar-refractivity contribution in [3.05, 3.63) is 59.7 Å². The number of amides is 2. The van der Waals surface area contributed by atoms with Crippen molar-refractivity contribution >= 4 is 11.8 Å². The fourth-order valence-corrected chi connectivity index (χ4v) is 3.21. The lowest BCUT2D eigenvalue weighted by Gasteiger charge is -2.29. The molecule has 2 rings (SSSR count). The van der Waals surface area contributed by atoms with Gasteiger partial charge in [-0.3, -0.25) is 9.59 Å². The van der Waals surface area contributed by atoms with Crippen molar-refractivity contribution in [1.29, 1.82) is 0 Å². The van der Waals surface area contributed by atoms with E-state index < -0.39 is 6.04 Å². The van der Waals surface area contributed by atoms with Gasteiger partial charge in [0.05, 0.1) is 20.6 Å². The van der Waals surface area contributed by atoms with Crippen LogP contribution in [0.1, 0.15) is 24.5 Å². The molecule has 0 bridgehead atoms. The van der Waals surface area contributed by atoms with Crippen LogP contribution in [0.15, 0.2) is 48.5 Å². The zero-order chi connectivity index (χ0) is 22.6. The molecule has 2 amide bonds. The van der Waals surface area contributed by atoms with E-state index >= 15 is 0 Å². The Labute approximate surface area is 184 Å². The van der Waals surface area contributed by atoms with Gasteiger partial charge in [0.1, 0.15) is 6.04 Å². The summed E-state index contributed by atoms with van der Waals surface area (Å²) in [5.41, 5.74) is 1.75. The molecule has 168 valence electrons. The minimum atomic E-state index is -0.615. The van der Waals surface area contributed by atoms with E-state index in [0.29, 0.717) is 37.6 Å². The first-order valence-corrected chi connectivity index (χ1v) is 10.3. The summed E-state index contributed by atoms with van der Waals surface area (Å²) in [5, 5.41) is 2.89. The molecule has 0 aliphatic rings. The Kier molecular flexibility index (Phi) is 9.84. The number of nitrogens with zero attached hydrogens (tertiary/aromatic N) is 1. The highest BCUT2D eigenvalue weighted by Crippen LogP contribution is 2.28. The fraction of sp³-hybridized carbons (Fsp3) is 0.417. The highest BCUT2D eigenvalue weighted by atomic mass is 16.5. The third-order valence-electron chi connectivity index (χ3n) is 4.99. The van der Waals surface area contributed by atoms with E-state index in [1.54, 1.807) is 45.3 Å². The molecule has 1 N–H and O–H groups in total. The average molecular weight is 429 g/mol. The third kappa shape index (κ3) is 7.29. The Morgan fingerprint density at radius 3 is 2.32 bits per heavy atom. The maximum atomic E-state index is 13.2. The Hall–Kier alpha value is -3.06. The van der Waals surface area contributed by atoms with E-state index in [1.165, 1.54) is 0 Å². The van der Waals surface area contributed by atoms with E-state index in [0.717, 1.165) is 11.1 Å². The van der Waals surface area contributed by atoms with Crippen LogP contribution in [0.4, 0.5) is 0 Å². The second-order valence-corrected chi connectivity index (χ2v) is 7.19. The molecule has 2 aromatic rings. The minimum Gasteiger partial charge on any atom is -0.493 e. The topological polar surface area (TPSA) is 77.1 Å². The lowest BCUT2D eigenvalue weighted by molar-refractivity contribution is -0.140. The summed E-state index contributed by atoms with van der Waals surface area (Å²) in [6, 6.07) is 14.4. The first kappa shape index (κ1) is 24.2. The minimum absolute atomic E-state index is 0.143. The van der Waals surface area contributed by atoms with Crippen LogP contribution >= 0.6 is 0 Å². The number of nitrogens with one attached hydrogen (secondary N) is 1. The fourth-order valence-electron chi connectivity index (χ4n) is 3.21. The number of hydrogen-bond donors (Lipinski definition) is 1. The van der Waals surface area contributed by atoms with E-state index in [9.17, 15) is 9.59 Å². The van der Waals surface area contributed by atoms with Gasteiger partial charge in [-0.25, -0.2) is 0 Å². The molecule has 31 heavy (non-hydrogen) atoms. The van der Waals surface area contributed by atoms with Gasteiger partial charge in [-0.2, -0.15) is 0 Å². The molecule has 0 spiro atoms. The van der Waals surface area contributed by atoms with Gasteiger partial charge in [0.15, 0.2) is 11.5 Å². The van der Waals surface area contributed by atoms with Crippen LogP contribution in [0.2, 0.25) is 0 Å². The van der Waals surface area contributed by atoms with Crippen molar-refractivity contribution in [2.24, 2.45) is 0 Å². The lowest BCUT2D eigenvalue weighted by atomic mass is 10.1. The smallest absolute Gasteiger partial charge is 0.242 e. The van der Waals surface area contributed by atoms with Crippen LogP contribution in [0, 0.1) is 0 Å². The van der Waals surface area contributed by atoms with Crippen LogP contribution in [0.5, 0.6) is 11.5 Å². The van der Waals surface area contributed by atoms with Gasteiger partial charge in [-0.05, 0) is 36.6 Å². The van der Waals surface area contributed by atoms with Gasteiger partial charge in [-0.15, -0.1) is 0 Å². The molecular weight excluding hydrogens is 396 g/mol. The van der Waals surface area contributed by atoms with Gasteiger partial charge in [0.25, 0.3) is 0 Å². The van der Waals surface area contributed by atoms with E-state index in [1.807, 2.05) is 36.4 Å². The van der Waals surface area contributed by atoms with Gasteiger partial charge < -0.3 is 24.4 Å². The Morgan fingerprint density at radius 1 is 0.968 bits per heavy atom. The van der Waals surface area contributed by atoms with E-state index in [2.05, 4.69) is 5.32 Å². The molecule has 0 heterocycles. The molecule has 7 nitrogen and oxygen atoms in total. The van der Waals surface area contributed by atoms with Crippen molar-refractivity contribution in [3.8, 4) is 11.5 Å². The Bertz CT molecular complexity index is 841. The molecule has 0 fully saturated rings. The molecule has 0 radical (unpaired) electrons. The van der Waals surface area contributed by atoms with E-state index in [-0.39, 0.29) is 18.2 Å². The summed E-state index contributed by atoms with van der Waals surface area (Å²) < 4.78 is 15.6. The molecule has 0 aliphatic carbocycles. The monoisotopic (exact) mass is 428 g/mol. The van der Waals surface area contributed by atoms with Crippen molar-refractivity contribution in [3.63, 3.8) is 0 Å². The molecule has 0 saturated carbocycles. The largest absolute Gasteiger partial charge is 0.493 e. The molecule has 7 heteroatoms. The zero-order valence-electron chi connectivity index (χ0n) is 18.7. The van der Waals surface area contributed by atoms with Crippen molar-refractivity contribution in [2.75, 3.05) is 34.5 Å². The average Bonchev–Trinajstić information content (AvgIpc) is 2.80. The lowest BCUT2D eigenvalue weighted by Crippen LogP contribution is -2.48. The first-order valence-electron chi connectivity index (χ1n) is 10.3. The van der Waals surface area contributed by atoms with Gasteiger partial charge in [0, 0.05) is 26.8 Å². The summed E-state index contributed by atoms with van der Waals surface area (Å²) >= 11 is 0.